The molecule has 0 radical (unpaired) electrons. The van der Waals surface area contributed by atoms with Crippen molar-refractivity contribution in [3.63, 3.8) is 0 Å². The maximum Gasteiger partial charge on any atom is 0.419 e. The number of pyridine rings is 1. The van der Waals surface area contributed by atoms with Crippen LogP contribution in [0, 0.1) is 12.7 Å². The van der Waals surface area contributed by atoms with Crippen molar-refractivity contribution in [3.05, 3.63) is 101 Å². The van der Waals surface area contributed by atoms with Gasteiger partial charge in [0.15, 0.2) is 5.78 Å². The summed E-state index contributed by atoms with van der Waals surface area (Å²) in [5.74, 6) is -2.28. The van der Waals surface area contributed by atoms with Crippen molar-refractivity contribution in [1.82, 2.24) is 4.98 Å². The number of Topliss-reactive ketones (excluding diaryl/α,β-unsaturated/α-hetero) is 1. The first-order valence-electron chi connectivity index (χ1n) is 9.52. The van der Waals surface area contributed by atoms with Gasteiger partial charge in [-0.3, -0.25) is 14.6 Å². The van der Waals surface area contributed by atoms with Gasteiger partial charge in [-0.1, -0.05) is 24.3 Å². The molecule has 0 spiro atoms. The average Bonchev–Trinajstić information content (AvgIpc) is 2.75. The Bertz CT molecular complexity index is 1170. The van der Waals surface area contributed by atoms with E-state index in [0.717, 1.165) is 11.6 Å². The Hall–Kier alpha value is -3.81. The third kappa shape index (κ3) is 5.87. The molecule has 1 heterocycles. The number of rotatable bonds is 6. The molecule has 0 aliphatic carbocycles. The first kappa shape index (κ1) is 22.9. The highest BCUT2D eigenvalue weighted by atomic mass is 19.4. The lowest BCUT2D eigenvalue weighted by molar-refractivity contribution is -0.140. The molecule has 0 bridgehead atoms. The molecule has 8 heteroatoms. The molecule has 2 aromatic carbocycles. The summed E-state index contributed by atoms with van der Waals surface area (Å²) in [4.78, 5) is 28.8. The Balaban J connectivity index is 1.74. The van der Waals surface area contributed by atoms with Gasteiger partial charge >= 0.3 is 6.18 Å². The van der Waals surface area contributed by atoms with Crippen molar-refractivity contribution in [2.75, 3.05) is 5.32 Å². The second-order valence-corrected chi connectivity index (χ2v) is 7.05. The number of amides is 1. The molecule has 0 fully saturated rings. The molecule has 0 aliphatic heterocycles. The van der Waals surface area contributed by atoms with Crippen LogP contribution in [0.2, 0.25) is 0 Å². The quantitative estimate of drug-likeness (QED) is 0.306. The molecule has 0 saturated carbocycles. The molecule has 0 aliphatic rings. The number of carbonyl (C=O) groups excluding carboxylic acids is 2. The molecular formula is C24H18F4N2O2. The van der Waals surface area contributed by atoms with Crippen LogP contribution < -0.4 is 5.32 Å². The van der Waals surface area contributed by atoms with E-state index in [1.807, 2.05) is 0 Å². The van der Waals surface area contributed by atoms with Gasteiger partial charge in [0.2, 0.25) is 5.91 Å². The van der Waals surface area contributed by atoms with Crippen molar-refractivity contribution in [1.29, 1.82) is 0 Å². The van der Waals surface area contributed by atoms with Crippen molar-refractivity contribution < 1.29 is 27.2 Å². The minimum atomic E-state index is -4.85. The number of ketones is 1. The molecule has 1 amide bonds. The smallest absolute Gasteiger partial charge is 0.322 e. The van der Waals surface area contributed by atoms with E-state index in [0.29, 0.717) is 23.4 Å². The topological polar surface area (TPSA) is 59.1 Å². The Morgan fingerprint density at radius 1 is 1.09 bits per heavy atom. The van der Waals surface area contributed by atoms with Gasteiger partial charge in [0.05, 0.1) is 5.56 Å². The lowest BCUT2D eigenvalue weighted by Gasteiger charge is -2.11. The van der Waals surface area contributed by atoms with Gasteiger partial charge in [-0.15, -0.1) is 0 Å². The highest BCUT2D eigenvalue weighted by molar-refractivity contribution is 6.04. The first-order chi connectivity index (χ1) is 15.1. The van der Waals surface area contributed by atoms with Gasteiger partial charge in [-0.05, 0) is 54.0 Å². The standard InChI is InChI=1S/C24H18F4N2O2/c1-15-4-7-18(13-21(15)30-23(32)9-6-16-3-2-10-29-14-16)22(31)12-17-5-8-20(25)19(11-17)24(26,27)28/h2-11,13-14H,12H2,1H3,(H,30,32)/b9-6+. The minimum Gasteiger partial charge on any atom is -0.322 e. The first-order valence-corrected chi connectivity index (χ1v) is 9.52. The van der Waals surface area contributed by atoms with Gasteiger partial charge in [0.1, 0.15) is 5.82 Å². The number of nitrogens with one attached hydrogen (secondary N) is 1. The molecule has 3 rings (SSSR count). The molecule has 0 unspecified atom stereocenters. The van der Waals surface area contributed by atoms with Crippen LogP contribution in [0.4, 0.5) is 23.2 Å². The molecule has 3 aromatic rings. The highest BCUT2D eigenvalue weighted by Crippen LogP contribution is 2.32. The number of anilines is 1. The van der Waals surface area contributed by atoms with Gasteiger partial charge in [-0.2, -0.15) is 13.2 Å². The van der Waals surface area contributed by atoms with Crippen LogP contribution in [-0.2, 0) is 17.4 Å². The fraction of sp³-hybridized carbons (Fsp3) is 0.125. The maximum absolute atomic E-state index is 13.5. The SMILES string of the molecule is Cc1ccc(C(=O)Cc2ccc(F)c(C(F)(F)F)c2)cc1NC(=O)/C=C/c1cccnc1. The van der Waals surface area contributed by atoms with Crippen molar-refractivity contribution >= 4 is 23.5 Å². The Morgan fingerprint density at radius 2 is 1.88 bits per heavy atom. The van der Waals surface area contributed by atoms with Crippen LogP contribution in [-0.4, -0.2) is 16.7 Å². The van der Waals surface area contributed by atoms with Crippen LogP contribution in [0.1, 0.15) is 32.6 Å². The summed E-state index contributed by atoms with van der Waals surface area (Å²) in [7, 11) is 0. The lowest BCUT2D eigenvalue weighted by Crippen LogP contribution is -2.12. The minimum absolute atomic E-state index is 0.0364. The predicted molar refractivity (Wildman–Crippen MR) is 113 cm³/mol. The third-order valence-corrected chi connectivity index (χ3v) is 4.63. The number of alkyl halides is 3. The summed E-state index contributed by atoms with van der Waals surface area (Å²) in [6.45, 7) is 1.74. The van der Waals surface area contributed by atoms with E-state index in [9.17, 15) is 27.2 Å². The molecule has 1 N–H and O–H groups in total. The number of halogens is 4. The largest absolute Gasteiger partial charge is 0.419 e. The van der Waals surface area contributed by atoms with E-state index < -0.39 is 29.2 Å². The number of hydrogen-bond donors (Lipinski definition) is 1. The molecule has 0 atom stereocenters. The van der Waals surface area contributed by atoms with Crippen LogP contribution in [0.5, 0.6) is 0 Å². The number of benzene rings is 2. The van der Waals surface area contributed by atoms with E-state index >= 15 is 0 Å². The fourth-order valence-corrected chi connectivity index (χ4v) is 2.94. The zero-order valence-electron chi connectivity index (χ0n) is 16.9. The Kier molecular flexibility index (Phi) is 6.82. The summed E-state index contributed by atoms with van der Waals surface area (Å²) < 4.78 is 52.2. The summed E-state index contributed by atoms with van der Waals surface area (Å²) in [5, 5.41) is 2.68. The zero-order chi connectivity index (χ0) is 23.3. The average molecular weight is 442 g/mol. The predicted octanol–water partition coefficient (Wildman–Crippen LogP) is 5.63. The van der Waals surface area contributed by atoms with E-state index in [1.165, 1.54) is 18.2 Å². The van der Waals surface area contributed by atoms with E-state index in [1.54, 1.807) is 43.6 Å². The Morgan fingerprint density at radius 3 is 2.56 bits per heavy atom. The van der Waals surface area contributed by atoms with Crippen LogP contribution in [0.25, 0.3) is 6.08 Å². The normalized spacial score (nSPS) is 11.5. The van der Waals surface area contributed by atoms with Crippen molar-refractivity contribution in [2.45, 2.75) is 19.5 Å². The highest BCUT2D eigenvalue weighted by Gasteiger charge is 2.34. The zero-order valence-corrected chi connectivity index (χ0v) is 16.9. The number of hydrogen-bond acceptors (Lipinski definition) is 3. The maximum atomic E-state index is 13.5. The monoisotopic (exact) mass is 442 g/mol. The van der Waals surface area contributed by atoms with Gasteiger partial charge in [0, 0.05) is 36.1 Å². The summed E-state index contributed by atoms with van der Waals surface area (Å²) >= 11 is 0. The van der Waals surface area contributed by atoms with E-state index in [-0.39, 0.29) is 17.5 Å². The summed E-state index contributed by atoms with van der Waals surface area (Å²) in [6.07, 6.45) is 0.906. The van der Waals surface area contributed by atoms with E-state index in [4.69, 9.17) is 0 Å². The second-order valence-electron chi connectivity index (χ2n) is 7.05. The lowest BCUT2D eigenvalue weighted by atomic mass is 9.99. The van der Waals surface area contributed by atoms with Crippen LogP contribution >= 0.6 is 0 Å². The molecular weight excluding hydrogens is 424 g/mol. The molecule has 164 valence electrons. The molecule has 32 heavy (non-hydrogen) atoms. The molecule has 1 aromatic heterocycles. The number of carbonyl (C=O) groups is 2. The van der Waals surface area contributed by atoms with Crippen molar-refractivity contribution in [3.8, 4) is 0 Å². The van der Waals surface area contributed by atoms with Crippen LogP contribution in [0.15, 0.2) is 67.0 Å². The molecule has 4 nitrogen and oxygen atoms in total. The molecule has 0 saturated heterocycles. The summed E-state index contributed by atoms with van der Waals surface area (Å²) in [5.41, 5.74) is 0.660. The van der Waals surface area contributed by atoms with Gasteiger partial charge in [-0.25, -0.2) is 4.39 Å². The van der Waals surface area contributed by atoms with Crippen LogP contribution in [0.3, 0.4) is 0 Å². The fourth-order valence-electron chi connectivity index (χ4n) is 2.94. The second kappa shape index (κ2) is 9.55. The number of aromatic nitrogens is 1. The van der Waals surface area contributed by atoms with Crippen molar-refractivity contribution in [2.24, 2.45) is 0 Å². The van der Waals surface area contributed by atoms with E-state index in [2.05, 4.69) is 10.3 Å². The number of nitrogens with zero attached hydrogens (tertiary/aromatic N) is 1. The number of aryl methyl sites for hydroxylation is 1. The third-order valence-electron chi connectivity index (χ3n) is 4.63. The Labute approximate surface area is 181 Å². The van der Waals surface area contributed by atoms with Gasteiger partial charge < -0.3 is 5.32 Å². The summed E-state index contributed by atoms with van der Waals surface area (Å²) in [6, 6.07) is 10.6. The van der Waals surface area contributed by atoms with Gasteiger partial charge in [0.25, 0.3) is 0 Å².